The van der Waals surface area contributed by atoms with Gasteiger partial charge in [0.05, 0.1) is 46.2 Å². The number of methoxy groups -OCH3 is 1. The predicted molar refractivity (Wildman–Crippen MR) is 233 cm³/mol. The molecule has 21 aliphatic heterocycles. The Morgan fingerprint density at radius 3 is 0.500 bits per heavy atom. The molecule has 0 radical (unpaired) electrons. The van der Waals surface area contributed by atoms with Gasteiger partial charge in [-0.25, -0.2) is 0 Å². The van der Waals surface area contributed by atoms with Crippen molar-refractivity contribution >= 4 is 0 Å². The lowest BCUT2D eigenvalue weighted by atomic mass is 9.95. The molecule has 0 aliphatic carbocycles. The lowest BCUT2D eigenvalue weighted by molar-refractivity contribution is -0.396. The Hall–Kier alpha value is -1.40. The molecule has 0 aromatic heterocycles. The van der Waals surface area contributed by atoms with E-state index in [-0.39, 0.29) is 0 Å². The summed E-state index contributed by atoms with van der Waals surface area (Å²) in [5.74, 6) is 0. The fourth-order valence-corrected chi connectivity index (χ4v) is 10.6. The lowest BCUT2D eigenvalue weighted by Gasteiger charge is -2.50. The van der Waals surface area contributed by atoms with E-state index in [1.54, 1.807) is 0 Å². The number of aliphatic hydroxyl groups is 20. The normalized spacial score (nSPS) is 54.8. The smallest absolute Gasteiger partial charge is 0.187 e. The second-order valence-corrected chi connectivity index (χ2v) is 19.9. The molecule has 0 spiro atoms. The first-order chi connectivity index (χ1) is 37.2. The summed E-state index contributed by atoms with van der Waals surface area (Å²) in [6.07, 6.45) is -69.2. The van der Waals surface area contributed by atoms with E-state index >= 15 is 0 Å². The third-order valence-electron chi connectivity index (χ3n) is 14.9. The first kappa shape index (κ1) is 62.6. The van der Waals surface area contributed by atoms with Crippen LogP contribution >= 0.6 is 0 Å². The molecule has 21 aliphatic rings. The maximum Gasteiger partial charge on any atom is 0.187 e. The van der Waals surface area contributed by atoms with Gasteiger partial charge in [0.15, 0.2) is 44.0 Å². The van der Waals surface area contributed by atoms with E-state index in [4.69, 9.17) is 71.1 Å². The summed E-state index contributed by atoms with van der Waals surface area (Å²) in [5, 5.41) is 221. The molecule has 35 nitrogen and oxygen atoms in total. The summed E-state index contributed by atoms with van der Waals surface area (Å²) in [6.45, 7) is -6.67. The van der Waals surface area contributed by atoms with Gasteiger partial charge in [0, 0.05) is 7.11 Å². The Labute approximate surface area is 441 Å². The molecule has 21 rings (SSSR count). The summed E-state index contributed by atoms with van der Waals surface area (Å²) in [4.78, 5) is 0. The molecule has 35 atom stereocenters. The highest BCUT2D eigenvalue weighted by molar-refractivity contribution is 5.01. The van der Waals surface area contributed by atoms with E-state index in [9.17, 15) is 102 Å². The average molecular weight is 1150 g/mol. The van der Waals surface area contributed by atoms with Crippen molar-refractivity contribution in [3.8, 4) is 0 Å². The van der Waals surface area contributed by atoms with Crippen molar-refractivity contribution in [3.63, 3.8) is 0 Å². The quantitative estimate of drug-likeness (QED) is 0.107. The summed E-state index contributed by atoms with van der Waals surface area (Å²) >= 11 is 0. The fraction of sp³-hybridized carbons (Fsp3) is 1.00. The molecule has 0 saturated carbocycles. The molecular formula is C43H72O35. The number of hydrogen-bond donors (Lipinski definition) is 20. The van der Waals surface area contributed by atoms with Crippen LogP contribution in [0.3, 0.4) is 0 Å². The number of ether oxygens (including phenoxy) is 15. The summed E-state index contributed by atoms with van der Waals surface area (Å²) < 4.78 is 85.4. The molecule has 0 aromatic rings. The molecule has 20 N–H and O–H groups in total. The van der Waals surface area contributed by atoms with Crippen LogP contribution < -0.4 is 0 Å². The summed E-state index contributed by atoms with van der Waals surface area (Å²) in [7, 11) is 1.19. The third kappa shape index (κ3) is 12.3. The van der Waals surface area contributed by atoms with Gasteiger partial charge < -0.3 is 173 Å². The Kier molecular flexibility index (Phi) is 21.4. The second kappa shape index (κ2) is 26.7. The minimum atomic E-state index is -2.20. The topological polar surface area (TPSA) is 543 Å². The first-order valence-corrected chi connectivity index (χ1v) is 25.0. The third-order valence-corrected chi connectivity index (χ3v) is 14.9. The molecule has 35 heteroatoms. The number of hydrogen-bond acceptors (Lipinski definition) is 35. The zero-order valence-electron chi connectivity index (χ0n) is 41.2. The van der Waals surface area contributed by atoms with Gasteiger partial charge in [-0.1, -0.05) is 0 Å². The largest absolute Gasteiger partial charge is 0.394 e. The zero-order valence-corrected chi connectivity index (χ0v) is 41.2. The molecule has 14 bridgehead atoms. The highest BCUT2D eigenvalue weighted by atomic mass is 16.8. The van der Waals surface area contributed by atoms with Crippen LogP contribution in [0.15, 0.2) is 0 Å². The average Bonchev–Trinajstić information content (AvgIpc) is 3.44. The van der Waals surface area contributed by atoms with Gasteiger partial charge in [-0.2, -0.15) is 0 Å². The van der Waals surface area contributed by atoms with E-state index in [1.165, 1.54) is 7.11 Å². The van der Waals surface area contributed by atoms with E-state index in [0.29, 0.717) is 0 Å². The molecule has 21 heterocycles. The van der Waals surface area contributed by atoms with Crippen molar-refractivity contribution in [3.05, 3.63) is 0 Å². The predicted octanol–water partition coefficient (Wildman–Crippen LogP) is -14.6. The van der Waals surface area contributed by atoms with Crippen LogP contribution in [0.25, 0.3) is 0 Å². The zero-order chi connectivity index (χ0) is 56.8. The van der Waals surface area contributed by atoms with Gasteiger partial charge in [0.25, 0.3) is 0 Å². The minimum absolute atomic E-state index is 0.477. The summed E-state index contributed by atoms with van der Waals surface area (Å²) in [5.41, 5.74) is 0. The van der Waals surface area contributed by atoms with Gasteiger partial charge in [0.2, 0.25) is 0 Å². The van der Waals surface area contributed by atoms with E-state index in [1.807, 2.05) is 0 Å². The number of aliphatic hydroxyl groups excluding tert-OH is 20. The monoisotopic (exact) mass is 1150 g/mol. The van der Waals surface area contributed by atoms with Crippen LogP contribution in [0, 0.1) is 0 Å². The second-order valence-electron chi connectivity index (χ2n) is 19.9. The minimum Gasteiger partial charge on any atom is -0.394 e. The highest BCUT2D eigenvalue weighted by Gasteiger charge is 2.59. The molecule has 21 saturated heterocycles. The standard InChI is InChI=1S/C43H72O35/c1-64-8-15-36-22(56)29(63)43(71-15)77-35-14(7-49)69-41(27(61)20(35)54)75-33-12(5-47)67-39(25(59)18(33)52)73-31-10(3-45)65-37(23(57)16(31)50)72-30-9(2-44)66-38(24(58)17(30)51)74-32-11(4-46)68-40(26(60)19(32)53)76-34-13(6-48)70-42(78-36)28(62)21(34)55/h9-63H,2-8H2,1H3/t9?,10?,11?,12?,13?,14?,15?,16-,17-,18-,19-,20-,21-,22-,23?,24?,25?,26?,27?,28?,29?,30+,31+,32+,33+,34+,35+,36+,37+,38+,39+,40+,41+,42+,43+/m1/s1. The van der Waals surface area contributed by atoms with Gasteiger partial charge in [-0.15, -0.1) is 0 Å². The Bertz CT molecular complexity index is 1830. The molecule has 21 fully saturated rings. The van der Waals surface area contributed by atoms with Crippen molar-refractivity contribution < 1.29 is 173 Å². The molecule has 0 aromatic carbocycles. The fourth-order valence-electron chi connectivity index (χ4n) is 10.6. The molecule has 78 heavy (non-hydrogen) atoms. The van der Waals surface area contributed by atoms with E-state index in [2.05, 4.69) is 0 Å². The van der Waals surface area contributed by atoms with Crippen LogP contribution in [0.2, 0.25) is 0 Å². The van der Waals surface area contributed by atoms with Gasteiger partial charge in [0.1, 0.15) is 171 Å². The van der Waals surface area contributed by atoms with E-state index in [0.717, 1.165) is 0 Å². The van der Waals surface area contributed by atoms with Crippen molar-refractivity contribution in [2.45, 2.75) is 215 Å². The van der Waals surface area contributed by atoms with Crippen molar-refractivity contribution in [1.82, 2.24) is 0 Å². The van der Waals surface area contributed by atoms with Crippen molar-refractivity contribution in [2.24, 2.45) is 0 Å². The van der Waals surface area contributed by atoms with Crippen LogP contribution in [0.5, 0.6) is 0 Å². The first-order valence-electron chi connectivity index (χ1n) is 25.0. The van der Waals surface area contributed by atoms with Crippen molar-refractivity contribution in [1.29, 1.82) is 0 Å². The SMILES string of the molecule is COCC1O[C@H]2O[C@H]3C(CO)O[C@@H](O[C@H]4C(CO)O[C@@H](O[C@H]5C(CO)O[C@@H](O[C@H]6C(CO)O[C@@H](O[C@H]7C(CO)O[C@@H](O[C@H]8C(CO)O[C@@H](O[C@@H]1[C@H](O)C2O)C(O)[C@H]8O)C(O)[C@H]7O)C(O)[C@H]6O)C(O)[C@H]5O)C(O)[C@H]4O)C(O)[C@H]3O. The van der Waals surface area contributed by atoms with Crippen LogP contribution in [-0.4, -0.2) is 370 Å². The Balaban J connectivity index is 1.08. The maximum absolute atomic E-state index is 11.5. The maximum atomic E-state index is 11.5. The lowest BCUT2D eigenvalue weighted by Crippen LogP contribution is -2.68. The Morgan fingerprint density at radius 2 is 0.359 bits per heavy atom. The number of rotatable bonds is 8. The van der Waals surface area contributed by atoms with Crippen LogP contribution in [0.1, 0.15) is 0 Å². The summed E-state index contributed by atoms with van der Waals surface area (Å²) in [6, 6.07) is 0. The van der Waals surface area contributed by atoms with E-state index < -0.39 is 261 Å². The van der Waals surface area contributed by atoms with Crippen LogP contribution in [0.4, 0.5) is 0 Å². The molecular weight excluding hydrogens is 1080 g/mol. The molecule has 14 unspecified atom stereocenters. The molecule has 454 valence electrons. The van der Waals surface area contributed by atoms with Crippen LogP contribution in [-0.2, 0) is 71.1 Å². The molecule has 0 amide bonds. The van der Waals surface area contributed by atoms with Gasteiger partial charge in [-0.3, -0.25) is 0 Å². The van der Waals surface area contributed by atoms with Crippen molar-refractivity contribution in [2.75, 3.05) is 53.4 Å². The van der Waals surface area contributed by atoms with Gasteiger partial charge >= 0.3 is 0 Å². The highest BCUT2D eigenvalue weighted by Crippen LogP contribution is 2.39. The van der Waals surface area contributed by atoms with Gasteiger partial charge in [-0.05, 0) is 0 Å². The Morgan fingerprint density at radius 1 is 0.218 bits per heavy atom.